The first-order valence-corrected chi connectivity index (χ1v) is 9.11. The highest BCUT2D eigenvalue weighted by molar-refractivity contribution is 14.0. The fraction of sp³-hybridized carbons (Fsp3) is 0.588. The number of nitrogens with zero attached hydrogens (tertiary/aromatic N) is 2. The molecule has 0 radical (unpaired) electrons. The summed E-state index contributed by atoms with van der Waals surface area (Å²) in [7, 11) is 0. The Kier molecular flexibility index (Phi) is 6.44. The van der Waals surface area contributed by atoms with Crippen molar-refractivity contribution in [1.82, 2.24) is 10.2 Å². The minimum atomic E-state index is 0. The van der Waals surface area contributed by atoms with Crippen molar-refractivity contribution < 1.29 is 0 Å². The van der Waals surface area contributed by atoms with Gasteiger partial charge in [0, 0.05) is 11.4 Å². The van der Waals surface area contributed by atoms with Gasteiger partial charge in [-0.05, 0) is 49.6 Å². The normalized spacial score (nSPS) is 25.0. The van der Waals surface area contributed by atoms with Gasteiger partial charge in [0.05, 0.1) is 18.6 Å². The summed E-state index contributed by atoms with van der Waals surface area (Å²) in [5.41, 5.74) is 1.32. The molecule has 0 aromatic heterocycles. The number of hydrogen-bond donors (Lipinski definition) is 1. The van der Waals surface area contributed by atoms with Crippen LogP contribution < -0.4 is 5.32 Å². The summed E-state index contributed by atoms with van der Waals surface area (Å²) in [6, 6.07) is 9.76. The zero-order valence-corrected chi connectivity index (χ0v) is 16.7. The van der Waals surface area contributed by atoms with E-state index >= 15 is 0 Å². The molecule has 22 heavy (non-hydrogen) atoms. The number of benzene rings is 1. The molecule has 0 aliphatic carbocycles. The maximum Gasteiger partial charge on any atom is 0.194 e. The molecule has 1 aromatic rings. The lowest BCUT2D eigenvalue weighted by Crippen LogP contribution is -2.48. The lowest BCUT2D eigenvalue weighted by molar-refractivity contribution is 0.210. The van der Waals surface area contributed by atoms with Crippen LogP contribution in [0.5, 0.6) is 0 Å². The molecule has 2 heterocycles. The molecule has 3 rings (SSSR count). The summed E-state index contributed by atoms with van der Waals surface area (Å²) in [5.74, 6) is 1.88. The Balaban J connectivity index is 0.00000176. The highest BCUT2D eigenvalue weighted by Gasteiger charge is 2.33. The van der Waals surface area contributed by atoms with Gasteiger partial charge in [-0.2, -0.15) is 0 Å². The van der Waals surface area contributed by atoms with E-state index in [0.29, 0.717) is 12.1 Å². The van der Waals surface area contributed by atoms with Crippen LogP contribution in [-0.4, -0.2) is 36.2 Å². The molecule has 0 spiro atoms. The number of thioether (sulfide) groups is 1. The fourth-order valence-corrected chi connectivity index (χ4v) is 3.65. The van der Waals surface area contributed by atoms with Crippen LogP contribution in [0, 0.1) is 5.92 Å². The molecule has 0 amide bonds. The largest absolute Gasteiger partial charge is 0.350 e. The van der Waals surface area contributed by atoms with Crippen LogP contribution in [0.2, 0.25) is 0 Å². The van der Waals surface area contributed by atoms with Crippen LogP contribution in [0.4, 0.5) is 0 Å². The van der Waals surface area contributed by atoms with Crippen molar-refractivity contribution in [3.05, 3.63) is 29.8 Å². The number of piperidine rings is 1. The molecule has 3 atom stereocenters. The molecule has 5 heteroatoms. The minimum Gasteiger partial charge on any atom is -0.350 e. The van der Waals surface area contributed by atoms with Gasteiger partial charge < -0.3 is 10.2 Å². The average Bonchev–Trinajstić information content (AvgIpc) is 2.89. The molecule has 1 aromatic carbocycles. The summed E-state index contributed by atoms with van der Waals surface area (Å²) in [5, 5.41) is 3.62. The first-order chi connectivity index (χ1) is 10.2. The quantitative estimate of drug-likeness (QED) is 0.576. The van der Waals surface area contributed by atoms with E-state index in [1.54, 1.807) is 11.8 Å². The van der Waals surface area contributed by atoms with Gasteiger partial charge in [-0.1, -0.05) is 19.1 Å². The van der Waals surface area contributed by atoms with Gasteiger partial charge in [-0.3, -0.25) is 4.99 Å². The van der Waals surface area contributed by atoms with E-state index in [4.69, 9.17) is 4.99 Å². The smallest absolute Gasteiger partial charge is 0.194 e. The number of aliphatic imine (C=N–C) groups is 1. The van der Waals surface area contributed by atoms with Crippen molar-refractivity contribution in [2.24, 2.45) is 10.9 Å². The third-order valence-corrected chi connectivity index (χ3v) is 5.37. The molecule has 2 aliphatic rings. The summed E-state index contributed by atoms with van der Waals surface area (Å²) >= 11 is 1.78. The maximum absolute atomic E-state index is 4.74. The van der Waals surface area contributed by atoms with E-state index < -0.39 is 0 Å². The van der Waals surface area contributed by atoms with Crippen LogP contribution >= 0.6 is 35.7 Å². The van der Waals surface area contributed by atoms with E-state index in [9.17, 15) is 0 Å². The minimum absolute atomic E-state index is 0. The van der Waals surface area contributed by atoms with E-state index in [0.717, 1.165) is 25.0 Å². The molecule has 1 N–H and O–H groups in total. The van der Waals surface area contributed by atoms with Crippen LogP contribution in [0.3, 0.4) is 0 Å². The van der Waals surface area contributed by atoms with Gasteiger partial charge in [0.15, 0.2) is 5.96 Å². The summed E-state index contributed by atoms with van der Waals surface area (Å²) in [4.78, 5) is 8.54. The lowest BCUT2D eigenvalue weighted by atomic mass is 9.95. The van der Waals surface area contributed by atoms with Crippen LogP contribution in [0.25, 0.3) is 0 Å². The molecule has 122 valence electrons. The van der Waals surface area contributed by atoms with Crippen molar-refractivity contribution in [2.75, 3.05) is 19.3 Å². The summed E-state index contributed by atoms with van der Waals surface area (Å²) < 4.78 is 0. The number of fused-ring (bicyclic) bond motifs is 1. The third-order valence-electron chi connectivity index (χ3n) is 4.63. The fourth-order valence-electron chi connectivity index (χ4n) is 3.24. The SMILES string of the molecule is CSc1ccc([C@@H](C)NC2=NCC3CCC(C)CN23)cc1.I. The molecule has 2 unspecified atom stereocenters. The zero-order chi connectivity index (χ0) is 14.8. The van der Waals surface area contributed by atoms with Gasteiger partial charge in [0.2, 0.25) is 0 Å². The Bertz CT molecular complexity index is 517. The average molecular weight is 431 g/mol. The van der Waals surface area contributed by atoms with Gasteiger partial charge in [0.1, 0.15) is 0 Å². The number of guanidine groups is 1. The Labute approximate surface area is 155 Å². The molecule has 1 saturated heterocycles. The molecule has 3 nitrogen and oxygen atoms in total. The summed E-state index contributed by atoms with van der Waals surface area (Å²) in [6.07, 6.45) is 4.74. The second kappa shape index (κ2) is 7.90. The van der Waals surface area contributed by atoms with Crippen molar-refractivity contribution in [2.45, 2.75) is 43.7 Å². The van der Waals surface area contributed by atoms with Gasteiger partial charge in [0.25, 0.3) is 0 Å². The monoisotopic (exact) mass is 431 g/mol. The van der Waals surface area contributed by atoms with E-state index in [2.05, 4.69) is 54.6 Å². The van der Waals surface area contributed by atoms with Crippen LogP contribution in [0.1, 0.15) is 38.3 Å². The second-order valence-electron chi connectivity index (χ2n) is 6.29. The van der Waals surface area contributed by atoms with Gasteiger partial charge in [-0.25, -0.2) is 0 Å². The second-order valence-corrected chi connectivity index (χ2v) is 7.17. The third kappa shape index (κ3) is 3.91. The molecular formula is C17H26IN3S. The zero-order valence-electron chi connectivity index (χ0n) is 13.6. The van der Waals surface area contributed by atoms with E-state index in [1.165, 1.54) is 23.3 Å². The predicted octanol–water partition coefficient (Wildman–Crippen LogP) is 4.15. The molecule has 0 saturated carbocycles. The predicted molar refractivity (Wildman–Crippen MR) is 106 cm³/mol. The topological polar surface area (TPSA) is 27.6 Å². The van der Waals surface area contributed by atoms with E-state index in [-0.39, 0.29) is 24.0 Å². The van der Waals surface area contributed by atoms with Crippen molar-refractivity contribution in [3.8, 4) is 0 Å². The highest BCUT2D eigenvalue weighted by Crippen LogP contribution is 2.26. The summed E-state index contributed by atoms with van der Waals surface area (Å²) in [6.45, 7) is 6.68. The number of nitrogens with one attached hydrogen (secondary N) is 1. The Morgan fingerprint density at radius 3 is 2.68 bits per heavy atom. The number of halogens is 1. The van der Waals surface area contributed by atoms with Crippen molar-refractivity contribution in [3.63, 3.8) is 0 Å². The number of hydrogen-bond acceptors (Lipinski definition) is 4. The highest BCUT2D eigenvalue weighted by atomic mass is 127. The first kappa shape index (κ1) is 17.9. The van der Waals surface area contributed by atoms with Gasteiger partial charge >= 0.3 is 0 Å². The lowest BCUT2D eigenvalue weighted by Gasteiger charge is -2.36. The standard InChI is InChI=1S/C17H25N3S.HI/c1-12-4-7-15-10-18-17(20(15)11-12)19-13(2)14-5-8-16(21-3)9-6-14;/h5-6,8-9,12-13,15H,4,7,10-11H2,1-3H3,(H,18,19);1H/t12?,13-,15?;/m1./s1. The van der Waals surface area contributed by atoms with Crippen molar-refractivity contribution >= 4 is 41.7 Å². The molecule has 2 aliphatic heterocycles. The Morgan fingerprint density at radius 1 is 1.27 bits per heavy atom. The maximum atomic E-state index is 4.74. The Morgan fingerprint density at radius 2 is 2.00 bits per heavy atom. The van der Waals surface area contributed by atoms with E-state index in [1.807, 2.05) is 0 Å². The van der Waals surface area contributed by atoms with Gasteiger partial charge in [-0.15, -0.1) is 35.7 Å². The first-order valence-electron chi connectivity index (χ1n) is 7.89. The van der Waals surface area contributed by atoms with Crippen LogP contribution in [0.15, 0.2) is 34.2 Å². The number of rotatable bonds is 3. The van der Waals surface area contributed by atoms with Crippen LogP contribution in [-0.2, 0) is 0 Å². The van der Waals surface area contributed by atoms with Crippen molar-refractivity contribution in [1.29, 1.82) is 0 Å². The molecule has 0 bridgehead atoms. The molecule has 1 fully saturated rings. The molecular weight excluding hydrogens is 405 g/mol. The Hall–Kier alpha value is -0.430.